The van der Waals surface area contributed by atoms with E-state index in [-0.39, 0.29) is 18.4 Å². The molecule has 1 saturated heterocycles. The number of benzene rings is 1. The molecule has 2 fully saturated rings. The van der Waals surface area contributed by atoms with Crippen LogP contribution in [0.3, 0.4) is 0 Å². The summed E-state index contributed by atoms with van der Waals surface area (Å²) in [7, 11) is 0. The normalized spacial score (nSPS) is 19.5. The van der Waals surface area contributed by atoms with E-state index < -0.39 is 0 Å². The summed E-state index contributed by atoms with van der Waals surface area (Å²) in [4.78, 5) is 28.9. The fourth-order valence-electron chi connectivity index (χ4n) is 4.21. The van der Waals surface area contributed by atoms with Gasteiger partial charge in [-0.1, -0.05) is 49.6 Å². The molecule has 5 nitrogen and oxygen atoms in total. The van der Waals surface area contributed by atoms with E-state index in [0.717, 1.165) is 44.1 Å². The second-order valence-electron chi connectivity index (χ2n) is 8.00. The molecule has 28 heavy (non-hydrogen) atoms. The smallest absolute Gasteiger partial charge is 0.244 e. The van der Waals surface area contributed by atoms with Crippen LogP contribution in [-0.4, -0.2) is 60.9 Å². The number of hydrogen-bond acceptors (Lipinski definition) is 3. The number of carbonyl (C=O) groups is 2. The highest BCUT2D eigenvalue weighted by Gasteiger charge is 2.22. The molecule has 0 atom stereocenters. The highest BCUT2D eigenvalue weighted by Crippen LogP contribution is 2.24. The molecule has 0 spiro atoms. The van der Waals surface area contributed by atoms with E-state index in [0.29, 0.717) is 0 Å². The van der Waals surface area contributed by atoms with Gasteiger partial charge in [0.05, 0.1) is 6.54 Å². The summed E-state index contributed by atoms with van der Waals surface area (Å²) < 4.78 is 0. The summed E-state index contributed by atoms with van der Waals surface area (Å²) in [6, 6.07) is 9.67. The third kappa shape index (κ3) is 6.79. The van der Waals surface area contributed by atoms with E-state index in [9.17, 15) is 9.59 Å². The summed E-state index contributed by atoms with van der Waals surface area (Å²) in [6.07, 6.45) is 11.1. The molecule has 2 aliphatic rings. The minimum absolute atomic E-state index is 0.0148. The van der Waals surface area contributed by atoms with Gasteiger partial charge in [0, 0.05) is 32.3 Å². The van der Waals surface area contributed by atoms with Crippen molar-refractivity contribution in [3.8, 4) is 0 Å². The van der Waals surface area contributed by atoms with Crippen LogP contribution in [-0.2, 0) is 9.59 Å². The Morgan fingerprint density at radius 3 is 2.54 bits per heavy atom. The van der Waals surface area contributed by atoms with E-state index in [1.165, 1.54) is 44.7 Å². The van der Waals surface area contributed by atoms with E-state index in [2.05, 4.69) is 10.2 Å². The van der Waals surface area contributed by atoms with Crippen LogP contribution in [0.15, 0.2) is 36.4 Å². The molecule has 0 bridgehead atoms. The molecule has 1 aliphatic carbocycles. The number of amides is 2. The minimum atomic E-state index is -0.231. The molecule has 0 radical (unpaired) electrons. The van der Waals surface area contributed by atoms with E-state index in [1.807, 2.05) is 35.2 Å². The van der Waals surface area contributed by atoms with Crippen molar-refractivity contribution in [2.24, 2.45) is 5.92 Å². The lowest BCUT2D eigenvalue weighted by molar-refractivity contribution is -0.131. The standard InChI is InChI=1S/C23H33N3O2/c27-22(13-12-20-8-3-1-4-9-20)24-18-23(28)26-15-7-14-25(16-17-26)19-21-10-5-2-6-11-21/h1,3-4,8-9,12-13,21H,2,5-7,10-11,14-19H2,(H,24,27)/b13-12+. The van der Waals surface area contributed by atoms with Gasteiger partial charge in [-0.25, -0.2) is 0 Å². The molecule has 0 unspecified atom stereocenters. The second-order valence-corrected chi connectivity index (χ2v) is 8.00. The van der Waals surface area contributed by atoms with Crippen molar-refractivity contribution in [1.82, 2.24) is 15.1 Å². The Balaban J connectivity index is 1.38. The highest BCUT2D eigenvalue weighted by atomic mass is 16.2. The van der Waals surface area contributed by atoms with Crippen LogP contribution in [0, 0.1) is 5.92 Å². The number of nitrogens with one attached hydrogen (secondary N) is 1. The molecule has 1 aromatic rings. The monoisotopic (exact) mass is 383 g/mol. The van der Waals surface area contributed by atoms with Crippen molar-refractivity contribution in [1.29, 1.82) is 0 Å². The van der Waals surface area contributed by atoms with Gasteiger partial charge in [0.25, 0.3) is 0 Å². The van der Waals surface area contributed by atoms with Gasteiger partial charge >= 0.3 is 0 Å². The molecular weight excluding hydrogens is 350 g/mol. The zero-order valence-electron chi connectivity index (χ0n) is 16.8. The van der Waals surface area contributed by atoms with E-state index in [4.69, 9.17) is 0 Å². The maximum atomic E-state index is 12.5. The summed E-state index contributed by atoms with van der Waals surface area (Å²) in [5, 5.41) is 2.72. The van der Waals surface area contributed by atoms with E-state index >= 15 is 0 Å². The molecule has 3 rings (SSSR count). The number of hydrogen-bond donors (Lipinski definition) is 1. The van der Waals surface area contributed by atoms with Crippen molar-refractivity contribution < 1.29 is 9.59 Å². The molecule has 1 aromatic carbocycles. The van der Waals surface area contributed by atoms with Crippen molar-refractivity contribution in [3.63, 3.8) is 0 Å². The van der Waals surface area contributed by atoms with Gasteiger partial charge in [-0.15, -0.1) is 0 Å². The van der Waals surface area contributed by atoms with Gasteiger partial charge < -0.3 is 15.1 Å². The Labute approximate surface area is 168 Å². The Hall–Kier alpha value is -2.14. The Bertz CT molecular complexity index is 653. The molecular formula is C23H33N3O2. The summed E-state index contributed by atoms with van der Waals surface area (Å²) in [5.74, 6) is 0.624. The number of nitrogens with zero attached hydrogens (tertiary/aromatic N) is 2. The Morgan fingerprint density at radius 2 is 1.75 bits per heavy atom. The molecule has 152 valence electrons. The Kier molecular flexibility index (Phi) is 8.09. The van der Waals surface area contributed by atoms with Gasteiger partial charge in [-0.3, -0.25) is 9.59 Å². The Morgan fingerprint density at radius 1 is 0.964 bits per heavy atom. The zero-order chi connectivity index (χ0) is 19.6. The lowest BCUT2D eigenvalue weighted by atomic mass is 9.89. The van der Waals surface area contributed by atoms with Crippen LogP contribution >= 0.6 is 0 Å². The second kappa shape index (κ2) is 11.0. The van der Waals surface area contributed by atoms with Crippen LogP contribution in [0.1, 0.15) is 44.1 Å². The quantitative estimate of drug-likeness (QED) is 0.769. The minimum Gasteiger partial charge on any atom is -0.343 e. The average molecular weight is 384 g/mol. The largest absolute Gasteiger partial charge is 0.343 e. The molecule has 1 aliphatic heterocycles. The summed E-state index contributed by atoms with van der Waals surface area (Å²) in [6.45, 7) is 4.83. The predicted octanol–water partition coefficient (Wildman–Crippen LogP) is 2.93. The molecule has 5 heteroatoms. The van der Waals surface area contributed by atoms with Crippen LogP contribution in [0.25, 0.3) is 6.08 Å². The lowest BCUT2D eigenvalue weighted by Crippen LogP contribution is -2.42. The van der Waals surface area contributed by atoms with Crippen LogP contribution < -0.4 is 5.32 Å². The maximum Gasteiger partial charge on any atom is 0.244 e. The molecule has 1 N–H and O–H groups in total. The molecule has 2 amide bonds. The van der Waals surface area contributed by atoms with Crippen molar-refractivity contribution >= 4 is 17.9 Å². The van der Waals surface area contributed by atoms with Gasteiger partial charge in [0.15, 0.2) is 0 Å². The van der Waals surface area contributed by atoms with Crippen molar-refractivity contribution in [3.05, 3.63) is 42.0 Å². The molecule has 1 heterocycles. The van der Waals surface area contributed by atoms with Crippen LogP contribution in [0.4, 0.5) is 0 Å². The zero-order valence-corrected chi connectivity index (χ0v) is 16.8. The summed E-state index contributed by atoms with van der Waals surface area (Å²) in [5.41, 5.74) is 0.967. The van der Waals surface area contributed by atoms with Gasteiger partial charge in [-0.2, -0.15) is 0 Å². The summed E-state index contributed by atoms with van der Waals surface area (Å²) >= 11 is 0. The van der Waals surface area contributed by atoms with Gasteiger partial charge in [-0.05, 0) is 43.4 Å². The first kappa shape index (κ1) is 20.6. The fourth-order valence-corrected chi connectivity index (χ4v) is 4.21. The predicted molar refractivity (Wildman–Crippen MR) is 113 cm³/mol. The van der Waals surface area contributed by atoms with Crippen molar-refractivity contribution in [2.75, 3.05) is 39.3 Å². The van der Waals surface area contributed by atoms with Gasteiger partial charge in [0.1, 0.15) is 0 Å². The van der Waals surface area contributed by atoms with Crippen LogP contribution in [0.2, 0.25) is 0 Å². The van der Waals surface area contributed by atoms with Crippen molar-refractivity contribution in [2.45, 2.75) is 38.5 Å². The number of rotatable bonds is 6. The van der Waals surface area contributed by atoms with Crippen LogP contribution in [0.5, 0.6) is 0 Å². The van der Waals surface area contributed by atoms with Gasteiger partial charge in [0.2, 0.25) is 11.8 Å². The maximum absolute atomic E-state index is 12.5. The SMILES string of the molecule is O=C(/C=C/c1ccccc1)NCC(=O)N1CCCN(CC2CCCCC2)CC1. The first-order valence-corrected chi connectivity index (χ1v) is 10.7. The lowest BCUT2D eigenvalue weighted by Gasteiger charge is -2.28. The first-order chi connectivity index (χ1) is 13.7. The fraction of sp³-hybridized carbons (Fsp3) is 0.565. The third-order valence-electron chi connectivity index (χ3n) is 5.82. The number of carbonyl (C=O) groups excluding carboxylic acids is 2. The molecule has 1 saturated carbocycles. The first-order valence-electron chi connectivity index (χ1n) is 10.7. The average Bonchev–Trinajstić information content (AvgIpc) is 2.97. The third-order valence-corrected chi connectivity index (χ3v) is 5.82. The highest BCUT2D eigenvalue weighted by molar-refractivity contribution is 5.94. The molecule has 0 aromatic heterocycles. The topological polar surface area (TPSA) is 52.7 Å². The van der Waals surface area contributed by atoms with E-state index in [1.54, 1.807) is 6.08 Å².